The van der Waals surface area contributed by atoms with Gasteiger partial charge >= 0.3 is 0 Å². The van der Waals surface area contributed by atoms with Crippen molar-refractivity contribution in [1.29, 1.82) is 0 Å². The summed E-state index contributed by atoms with van der Waals surface area (Å²) in [5.41, 5.74) is 4.31. The largest absolute Gasteiger partial charge is 0.331 e. The summed E-state index contributed by atoms with van der Waals surface area (Å²) in [7, 11) is 0. The molecule has 6 rings (SSSR count). The zero-order valence-corrected chi connectivity index (χ0v) is 22.6. The van der Waals surface area contributed by atoms with Gasteiger partial charge in [-0.2, -0.15) is 0 Å². The van der Waals surface area contributed by atoms with Crippen LogP contribution in [0.2, 0.25) is 0 Å². The van der Waals surface area contributed by atoms with Gasteiger partial charge in [-0.3, -0.25) is 35.2 Å². The Labute approximate surface area is 242 Å². The molecule has 2 amide bonds. The van der Waals surface area contributed by atoms with E-state index in [-0.39, 0.29) is 34.0 Å². The van der Waals surface area contributed by atoms with Crippen LogP contribution in [0.5, 0.6) is 0 Å². The minimum Gasteiger partial charge on any atom is -0.331 e. The van der Waals surface area contributed by atoms with Gasteiger partial charge in [0.15, 0.2) is 0 Å². The topological polar surface area (TPSA) is 141 Å². The molecule has 1 aliphatic rings. The van der Waals surface area contributed by atoms with Crippen LogP contribution in [0.25, 0.3) is 27.9 Å². The average Bonchev–Trinajstić information content (AvgIpc) is 3.47. The van der Waals surface area contributed by atoms with Gasteiger partial charge in [-0.25, -0.2) is 5.01 Å². The standard InChI is InChI=1S/C30H21N5O6S/c36-28(18-32-24-14-6-2-10-20(24)21-11-3-7-15-25(21)32)31-33-29(37)27(17-19-9-1-5-13-23(19)34(38)39)42-30(33)22-12-4-8-16-26(22)35(40)41/h1-17,30H,18H2,(H,31,36)/b27-17-. The summed E-state index contributed by atoms with van der Waals surface area (Å²) in [5, 5.41) is 25.4. The summed E-state index contributed by atoms with van der Waals surface area (Å²) >= 11 is 0.971. The van der Waals surface area contributed by atoms with Crippen LogP contribution in [0.1, 0.15) is 16.5 Å². The molecule has 1 fully saturated rings. The number of nitrogens with one attached hydrogen (secondary N) is 1. The first-order valence-electron chi connectivity index (χ1n) is 12.8. The summed E-state index contributed by atoms with van der Waals surface area (Å²) < 4.78 is 1.84. The molecular weight excluding hydrogens is 558 g/mol. The second-order valence-electron chi connectivity index (χ2n) is 9.44. The summed E-state index contributed by atoms with van der Waals surface area (Å²) in [6.45, 7) is -0.130. The lowest BCUT2D eigenvalue weighted by atomic mass is 10.1. The molecule has 0 radical (unpaired) electrons. The zero-order valence-electron chi connectivity index (χ0n) is 21.7. The van der Waals surface area contributed by atoms with Gasteiger partial charge in [0.25, 0.3) is 23.2 Å². The Kier molecular flexibility index (Phi) is 6.88. The van der Waals surface area contributed by atoms with Gasteiger partial charge in [-0.1, -0.05) is 72.4 Å². The highest BCUT2D eigenvalue weighted by Gasteiger charge is 2.41. The molecule has 11 nitrogen and oxygen atoms in total. The van der Waals surface area contributed by atoms with Crippen molar-refractivity contribution in [2.45, 2.75) is 11.9 Å². The van der Waals surface area contributed by atoms with Crippen LogP contribution >= 0.6 is 11.8 Å². The molecule has 0 aliphatic carbocycles. The summed E-state index contributed by atoms with van der Waals surface area (Å²) in [5.74, 6) is -1.16. The van der Waals surface area contributed by atoms with Crippen molar-refractivity contribution in [3.05, 3.63) is 133 Å². The van der Waals surface area contributed by atoms with E-state index in [2.05, 4.69) is 5.43 Å². The molecule has 1 aromatic heterocycles. The fourth-order valence-corrected chi connectivity index (χ4v) is 6.34. The third-order valence-corrected chi connectivity index (χ3v) is 8.18. The fourth-order valence-electron chi connectivity index (χ4n) is 5.12. The minimum atomic E-state index is -0.991. The molecule has 1 N–H and O–H groups in total. The van der Waals surface area contributed by atoms with Crippen LogP contribution in [0.4, 0.5) is 11.4 Å². The predicted molar refractivity (Wildman–Crippen MR) is 159 cm³/mol. The molecular formula is C30H21N5O6S. The first-order valence-corrected chi connectivity index (χ1v) is 13.7. The van der Waals surface area contributed by atoms with Gasteiger partial charge in [-0.15, -0.1) is 0 Å². The van der Waals surface area contributed by atoms with Crippen molar-refractivity contribution in [2.24, 2.45) is 0 Å². The maximum Gasteiger partial charge on any atom is 0.280 e. The molecule has 1 atom stereocenters. The van der Waals surface area contributed by atoms with Crippen LogP contribution in [-0.4, -0.2) is 31.2 Å². The van der Waals surface area contributed by atoms with Crippen molar-refractivity contribution in [2.75, 3.05) is 0 Å². The minimum absolute atomic E-state index is 0.0876. The summed E-state index contributed by atoms with van der Waals surface area (Å²) in [4.78, 5) is 49.6. The van der Waals surface area contributed by atoms with Gasteiger partial charge in [0.1, 0.15) is 11.9 Å². The second kappa shape index (κ2) is 10.8. The molecule has 42 heavy (non-hydrogen) atoms. The molecule has 2 heterocycles. The number of nitro benzene ring substituents is 2. The third kappa shape index (κ3) is 4.73. The number of nitro groups is 2. The number of carbonyl (C=O) groups is 2. The third-order valence-electron chi connectivity index (χ3n) is 6.95. The van der Waals surface area contributed by atoms with Crippen LogP contribution < -0.4 is 5.43 Å². The van der Waals surface area contributed by atoms with E-state index in [1.54, 1.807) is 12.1 Å². The normalized spacial score (nSPS) is 15.9. The Bertz CT molecular complexity index is 1900. The quantitative estimate of drug-likeness (QED) is 0.143. The number of fused-ring (bicyclic) bond motifs is 3. The molecule has 1 aliphatic heterocycles. The van der Waals surface area contributed by atoms with E-state index >= 15 is 0 Å². The molecule has 4 aromatic carbocycles. The van der Waals surface area contributed by atoms with Gasteiger partial charge < -0.3 is 4.57 Å². The lowest BCUT2D eigenvalue weighted by Crippen LogP contribution is -2.45. The van der Waals surface area contributed by atoms with E-state index in [0.717, 1.165) is 38.6 Å². The Morgan fingerprint density at radius 1 is 0.810 bits per heavy atom. The van der Waals surface area contributed by atoms with Crippen molar-refractivity contribution in [3.8, 4) is 0 Å². The van der Waals surface area contributed by atoms with Crippen molar-refractivity contribution >= 4 is 62.8 Å². The van der Waals surface area contributed by atoms with Crippen LogP contribution in [0.3, 0.4) is 0 Å². The smallest absolute Gasteiger partial charge is 0.280 e. The number of carbonyl (C=O) groups excluding carboxylic acids is 2. The number of thioether (sulfide) groups is 1. The molecule has 1 unspecified atom stereocenters. The number of hydrogen-bond donors (Lipinski definition) is 1. The first-order chi connectivity index (χ1) is 20.3. The zero-order chi connectivity index (χ0) is 29.4. The average molecular weight is 580 g/mol. The van der Waals surface area contributed by atoms with E-state index < -0.39 is 27.0 Å². The van der Waals surface area contributed by atoms with Crippen molar-refractivity contribution in [1.82, 2.24) is 15.0 Å². The van der Waals surface area contributed by atoms with Gasteiger partial charge in [-0.05, 0) is 30.3 Å². The van der Waals surface area contributed by atoms with Crippen LogP contribution in [-0.2, 0) is 16.1 Å². The molecule has 208 valence electrons. The number of amides is 2. The molecule has 0 spiro atoms. The number of nitrogens with zero attached hydrogens (tertiary/aromatic N) is 4. The van der Waals surface area contributed by atoms with Crippen molar-refractivity contribution < 1.29 is 19.4 Å². The molecule has 0 bridgehead atoms. The van der Waals surface area contributed by atoms with Gasteiger partial charge in [0, 0.05) is 33.9 Å². The Hall–Kier alpha value is -5.49. The maximum atomic E-state index is 13.7. The summed E-state index contributed by atoms with van der Waals surface area (Å²) in [6.07, 6.45) is 1.37. The SMILES string of the molecule is O=C(Cn1c2ccccc2c2ccccc21)NN1C(=O)/C(=C/c2ccccc2[N+](=O)[O-])SC1c1ccccc1[N+](=O)[O-]. The Morgan fingerprint density at radius 2 is 1.36 bits per heavy atom. The number of benzene rings is 4. The lowest BCUT2D eigenvalue weighted by molar-refractivity contribution is -0.385. The Morgan fingerprint density at radius 3 is 2.00 bits per heavy atom. The predicted octanol–water partition coefficient (Wildman–Crippen LogP) is 5.96. The fraction of sp³-hybridized carbons (Fsp3) is 0.0667. The number of hydrogen-bond acceptors (Lipinski definition) is 7. The second-order valence-corrected chi connectivity index (χ2v) is 10.6. The van der Waals surface area contributed by atoms with E-state index in [4.69, 9.17) is 0 Å². The van der Waals surface area contributed by atoms with Gasteiger partial charge in [0.2, 0.25) is 0 Å². The highest BCUT2D eigenvalue weighted by molar-refractivity contribution is 8.04. The van der Waals surface area contributed by atoms with E-state index in [0.29, 0.717) is 0 Å². The van der Waals surface area contributed by atoms with Crippen molar-refractivity contribution in [3.63, 3.8) is 0 Å². The van der Waals surface area contributed by atoms with E-state index in [9.17, 15) is 29.8 Å². The van der Waals surface area contributed by atoms with Crippen LogP contribution in [0.15, 0.2) is 102 Å². The monoisotopic (exact) mass is 579 g/mol. The van der Waals surface area contributed by atoms with Gasteiger partial charge in [0.05, 0.1) is 25.9 Å². The summed E-state index contributed by atoms with van der Waals surface area (Å²) in [6, 6.07) is 27.2. The van der Waals surface area contributed by atoms with E-state index in [1.807, 2.05) is 53.1 Å². The molecule has 12 heteroatoms. The highest BCUT2D eigenvalue weighted by Crippen LogP contribution is 2.48. The van der Waals surface area contributed by atoms with E-state index in [1.165, 1.54) is 42.5 Å². The Balaban J connectivity index is 1.38. The van der Waals surface area contributed by atoms with Crippen LogP contribution in [0, 0.1) is 20.2 Å². The lowest BCUT2D eigenvalue weighted by Gasteiger charge is -2.24. The number of hydrazine groups is 1. The molecule has 0 saturated carbocycles. The number of rotatable bonds is 7. The highest BCUT2D eigenvalue weighted by atomic mass is 32.2. The molecule has 5 aromatic rings. The maximum absolute atomic E-state index is 13.7. The first kappa shape index (κ1) is 26.7. The molecule has 1 saturated heterocycles. The number of para-hydroxylation sites is 4. The number of aromatic nitrogens is 1.